The number of hydrogen-bond donors (Lipinski definition) is 1. The highest BCUT2D eigenvalue weighted by Crippen LogP contribution is 2.53. The van der Waals surface area contributed by atoms with E-state index in [-0.39, 0.29) is 5.60 Å². The van der Waals surface area contributed by atoms with Crippen LogP contribution in [0.2, 0.25) is 0 Å². The minimum atomic E-state index is -0.164. The molecular formula is C21H26N2O. The SMILES string of the molecule is COC1(c2cccc(N)c2)C2CCC1CN(Cc1ccccc1)C2. The fourth-order valence-corrected chi connectivity index (χ4v) is 4.99. The number of nitrogens with zero attached hydrogens (tertiary/aromatic N) is 1. The summed E-state index contributed by atoms with van der Waals surface area (Å²) in [6, 6.07) is 19.1. The lowest BCUT2D eigenvalue weighted by atomic mass is 9.74. The summed E-state index contributed by atoms with van der Waals surface area (Å²) in [6.45, 7) is 3.21. The lowest BCUT2D eigenvalue weighted by Crippen LogP contribution is -2.52. The number of anilines is 1. The van der Waals surface area contributed by atoms with Crippen molar-refractivity contribution in [1.82, 2.24) is 4.90 Å². The summed E-state index contributed by atoms with van der Waals surface area (Å²) < 4.78 is 6.22. The minimum absolute atomic E-state index is 0.164. The Kier molecular flexibility index (Phi) is 4.07. The summed E-state index contributed by atoms with van der Waals surface area (Å²) in [4.78, 5) is 2.60. The standard InChI is InChI=1S/C21H26N2O/c1-24-21(17-8-5-9-20(22)12-17)18-10-11-19(21)15-23(14-18)13-16-6-3-2-4-7-16/h2-9,12,18-19H,10-11,13-15,22H2,1H3. The number of likely N-dealkylation sites (tertiary alicyclic amines) is 1. The molecule has 0 radical (unpaired) electrons. The van der Waals surface area contributed by atoms with Gasteiger partial charge in [0.15, 0.2) is 0 Å². The van der Waals surface area contributed by atoms with E-state index in [1.165, 1.54) is 24.0 Å². The van der Waals surface area contributed by atoms with Crippen LogP contribution in [-0.4, -0.2) is 25.1 Å². The molecule has 3 heteroatoms. The first-order chi connectivity index (χ1) is 11.7. The number of rotatable bonds is 4. The van der Waals surface area contributed by atoms with Crippen molar-refractivity contribution in [2.75, 3.05) is 25.9 Å². The molecule has 1 heterocycles. The maximum Gasteiger partial charge on any atom is 0.101 e. The van der Waals surface area contributed by atoms with Gasteiger partial charge in [0.25, 0.3) is 0 Å². The molecule has 1 aliphatic carbocycles. The molecule has 126 valence electrons. The highest BCUT2D eigenvalue weighted by Gasteiger charge is 2.55. The van der Waals surface area contributed by atoms with E-state index in [1.54, 1.807) is 0 Å². The average molecular weight is 322 g/mol. The van der Waals surface area contributed by atoms with Gasteiger partial charge < -0.3 is 10.5 Å². The second-order valence-corrected chi connectivity index (χ2v) is 7.27. The third-order valence-electron chi connectivity index (χ3n) is 5.96. The summed E-state index contributed by atoms with van der Waals surface area (Å²) in [6.07, 6.45) is 2.47. The molecule has 24 heavy (non-hydrogen) atoms. The Bertz CT molecular complexity index is 686. The van der Waals surface area contributed by atoms with E-state index in [9.17, 15) is 0 Å². The second kappa shape index (κ2) is 6.23. The summed E-state index contributed by atoms with van der Waals surface area (Å²) in [5, 5.41) is 0. The van der Waals surface area contributed by atoms with Crippen molar-refractivity contribution in [2.24, 2.45) is 11.8 Å². The highest BCUT2D eigenvalue weighted by molar-refractivity contribution is 5.44. The van der Waals surface area contributed by atoms with E-state index in [0.29, 0.717) is 11.8 Å². The van der Waals surface area contributed by atoms with Gasteiger partial charge in [-0.05, 0) is 36.1 Å². The highest BCUT2D eigenvalue weighted by atomic mass is 16.5. The van der Waals surface area contributed by atoms with Crippen LogP contribution in [0.25, 0.3) is 0 Å². The predicted octanol–water partition coefficient (Wildman–Crippen LogP) is 3.65. The zero-order valence-electron chi connectivity index (χ0n) is 14.3. The van der Waals surface area contributed by atoms with Crippen molar-refractivity contribution in [1.29, 1.82) is 0 Å². The number of ether oxygens (including phenoxy) is 1. The van der Waals surface area contributed by atoms with E-state index < -0.39 is 0 Å². The number of nitrogen functional groups attached to an aromatic ring is 1. The minimum Gasteiger partial charge on any atom is -0.399 e. The summed E-state index contributed by atoms with van der Waals surface area (Å²) >= 11 is 0. The maximum atomic E-state index is 6.22. The lowest BCUT2D eigenvalue weighted by Gasteiger charge is -2.47. The molecule has 2 aromatic rings. The molecule has 1 saturated carbocycles. The lowest BCUT2D eigenvalue weighted by molar-refractivity contribution is -0.120. The molecule has 1 saturated heterocycles. The monoisotopic (exact) mass is 322 g/mol. The first-order valence-corrected chi connectivity index (χ1v) is 8.90. The first-order valence-electron chi connectivity index (χ1n) is 8.90. The van der Waals surface area contributed by atoms with Gasteiger partial charge in [-0.1, -0.05) is 42.5 Å². The van der Waals surface area contributed by atoms with Crippen LogP contribution in [0.5, 0.6) is 0 Å². The van der Waals surface area contributed by atoms with Crippen LogP contribution in [0, 0.1) is 11.8 Å². The van der Waals surface area contributed by atoms with Crippen molar-refractivity contribution in [3.8, 4) is 0 Å². The molecule has 2 N–H and O–H groups in total. The number of nitrogens with two attached hydrogens (primary N) is 1. The second-order valence-electron chi connectivity index (χ2n) is 7.27. The van der Waals surface area contributed by atoms with Gasteiger partial charge in [-0.2, -0.15) is 0 Å². The zero-order valence-corrected chi connectivity index (χ0v) is 14.3. The molecule has 2 bridgehead atoms. The fourth-order valence-electron chi connectivity index (χ4n) is 4.99. The molecular weight excluding hydrogens is 296 g/mol. The van der Waals surface area contributed by atoms with E-state index in [4.69, 9.17) is 10.5 Å². The Labute approximate surface area is 144 Å². The largest absolute Gasteiger partial charge is 0.399 e. The van der Waals surface area contributed by atoms with Crippen LogP contribution in [0.3, 0.4) is 0 Å². The van der Waals surface area contributed by atoms with Gasteiger partial charge in [-0.3, -0.25) is 4.90 Å². The van der Waals surface area contributed by atoms with Crippen LogP contribution in [0.15, 0.2) is 54.6 Å². The van der Waals surface area contributed by atoms with Gasteiger partial charge in [0.1, 0.15) is 5.60 Å². The van der Waals surface area contributed by atoms with Crippen molar-refractivity contribution >= 4 is 5.69 Å². The molecule has 0 aromatic heterocycles. The van der Waals surface area contributed by atoms with Gasteiger partial charge >= 0.3 is 0 Å². The van der Waals surface area contributed by atoms with Gasteiger partial charge in [-0.25, -0.2) is 0 Å². The Hall–Kier alpha value is -1.84. The van der Waals surface area contributed by atoms with Crippen LogP contribution in [0.1, 0.15) is 24.0 Å². The fraction of sp³-hybridized carbons (Fsp3) is 0.429. The van der Waals surface area contributed by atoms with Crippen molar-refractivity contribution in [3.05, 3.63) is 65.7 Å². The zero-order chi connectivity index (χ0) is 16.6. The maximum absolute atomic E-state index is 6.22. The molecule has 0 amide bonds. The van der Waals surface area contributed by atoms with Crippen LogP contribution >= 0.6 is 0 Å². The number of methoxy groups -OCH3 is 1. The Balaban J connectivity index is 1.60. The third kappa shape index (κ3) is 2.52. The number of piperidine rings is 1. The summed E-state index contributed by atoms with van der Waals surface area (Å²) in [7, 11) is 1.88. The predicted molar refractivity (Wildman–Crippen MR) is 97.5 cm³/mol. The van der Waals surface area contributed by atoms with Gasteiger partial charge in [0, 0.05) is 44.3 Å². The Morgan fingerprint density at radius 3 is 2.38 bits per heavy atom. The summed E-state index contributed by atoms with van der Waals surface area (Å²) in [5.41, 5.74) is 9.37. The molecule has 3 nitrogen and oxygen atoms in total. The number of benzene rings is 2. The topological polar surface area (TPSA) is 38.5 Å². The van der Waals surface area contributed by atoms with E-state index >= 15 is 0 Å². The molecule has 2 atom stereocenters. The summed E-state index contributed by atoms with van der Waals surface area (Å²) in [5.74, 6) is 1.07. The normalized spacial score (nSPS) is 29.7. The Morgan fingerprint density at radius 2 is 1.75 bits per heavy atom. The molecule has 2 fully saturated rings. The van der Waals surface area contributed by atoms with E-state index in [0.717, 1.165) is 25.3 Å². The number of hydrogen-bond acceptors (Lipinski definition) is 3. The van der Waals surface area contributed by atoms with Gasteiger partial charge in [0.05, 0.1) is 0 Å². The molecule has 1 aliphatic heterocycles. The quantitative estimate of drug-likeness (QED) is 0.873. The van der Waals surface area contributed by atoms with Crippen LogP contribution in [-0.2, 0) is 16.9 Å². The molecule has 2 unspecified atom stereocenters. The molecule has 2 aliphatic rings. The Morgan fingerprint density at radius 1 is 1.04 bits per heavy atom. The van der Waals surface area contributed by atoms with E-state index in [2.05, 4.69) is 53.4 Å². The van der Waals surface area contributed by atoms with Crippen LogP contribution < -0.4 is 5.73 Å². The first kappa shape index (κ1) is 15.7. The molecule has 0 spiro atoms. The van der Waals surface area contributed by atoms with Gasteiger partial charge in [0.2, 0.25) is 0 Å². The average Bonchev–Trinajstić information content (AvgIpc) is 2.80. The van der Waals surface area contributed by atoms with Crippen LogP contribution in [0.4, 0.5) is 5.69 Å². The van der Waals surface area contributed by atoms with Crippen molar-refractivity contribution < 1.29 is 4.74 Å². The van der Waals surface area contributed by atoms with E-state index in [1.807, 2.05) is 13.2 Å². The molecule has 4 rings (SSSR count). The van der Waals surface area contributed by atoms with Gasteiger partial charge in [-0.15, -0.1) is 0 Å². The molecule has 2 aromatic carbocycles. The smallest absolute Gasteiger partial charge is 0.101 e. The van der Waals surface area contributed by atoms with Crippen molar-refractivity contribution in [2.45, 2.75) is 25.0 Å². The number of fused-ring (bicyclic) bond motifs is 2. The van der Waals surface area contributed by atoms with Crippen molar-refractivity contribution in [3.63, 3.8) is 0 Å². The third-order valence-corrected chi connectivity index (χ3v) is 5.96.